The van der Waals surface area contributed by atoms with Gasteiger partial charge in [-0.05, 0) is 58.7 Å². The molecule has 8 heteroatoms. The highest BCUT2D eigenvalue weighted by molar-refractivity contribution is 9.10. The molecule has 0 aliphatic heterocycles. The van der Waals surface area contributed by atoms with E-state index in [4.69, 9.17) is 21.4 Å². The van der Waals surface area contributed by atoms with Gasteiger partial charge in [0.25, 0.3) is 0 Å². The number of ether oxygens (including phenoxy) is 1. The minimum atomic E-state index is -1.11. The van der Waals surface area contributed by atoms with E-state index < -0.39 is 5.97 Å². The Kier molecular flexibility index (Phi) is 6.05. The Balaban J connectivity index is 2.17. The highest BCUT2D eigenvalue weighted by atomic mass is 79.9. The number of carboxylic acid groups (broad SMARTS) is 1. The SMILES string of the molecule is CCOc1cc(/C=N\Nc2ccc(Cl)c(C(=O)O)c2)cc(Br)c1O. The maximum absolute atomic E-state index is 11.0. The van der Waals surface area contributed by atoms with Gasteiger partial charge in [0, 0.05) is 0 Å². The number of anilines is 1. The summed E-state index contributed by atoms with van der Waals surface area (Å²) in [6.45, 7) is 2.23. The number of carbonyl (C=O) groups is 1. The van der Waals surface area contributed by atoms with Crippen molar-refractivity contribution in [2.24, 2.45) is 5.10 Å². The van der Waals surface area contributed by atoms with Gasteiger partial charge in [-0.1, -0.05) is 11.6 Å². The number of phenolic OH excluding ortho intramolecular Hbond substituents is 1. The van der Waals surface area contributed by atoms with E-state index >= 15 is 0 Å². The second-order valence-corrected chi connectivity index (χ2v) is 5.91. The highest BCUT2D eigenvalue weighted by Crippen LogP contribution is 2.35. The Morgan fingerprint density at radius 2 is 2.17 bits per heavy atom. The average molecular weight is 414 g/mol. The summed E-state index contributed by atoms with van der Waals surface area (Å²) in [5, 5.41) is 23.1. The molecular weight excluding hydrogens is 400 g/mol. The zero-order chi connectivity index (χ0) is 17.7. The molecule has 0 atom stereocenters. The van der Waals surface area contributed by atoms with Crippen LogP contribution in [-0.4, -0.2) is 29.0 Å². The zero-order valence-electron chi connectivity index (χ0n) is 12.6. The van der Waals surface area contributed by atoms with Crippen molar-refractivity contribution in [3.05, 3.63) is 51.0 Å². The lowest BCUT2D eigenvalue weighted by molar-refractivity contribution is 0.0697. The molecule has 0 fully saturated rings. The normalized spacial score (nSPS) is 10.8. The molecule has 2 aromatic carbocycles. The molecule has 0 unspecified atom stereocenters. The first-order chi connectivity index (χ1) is 11.4. The van der Waals surface area contributed by atoms with Gasteiger partial charge in [-0.25, -0.2) is 4.79 Å². The van der Waals surface area contributed by atoms with Crippen LogP contribution in [0.3, 0.4) is 0 Å². The second-order valence-electron chi connectivity index (χ2n) is 4.65. The van der Waals surface area contributed by atoms with Crippen molar-refractivity contribution in [1.29, 1.82) is 0 Å². The van der Waals surface area contributed by atoms with E-state index in [2.05, 4.69) is 26.5 Å². The van der Waals surface area contributed by atoms with Crippen LogP contribution < -0.4 is 10.2 Å². The third-order valence-corrected chi connectivity index (χ3v) is 3.89. The maximum Gasteiger partial charge on any atom is 0.337 e. The number of nitrogens with zero attached hydrogens (tertiary/aromatic N) is 1. The number of hydrogen-bond acceptors (Lipinski definition) is 5. The molecule has 0 heterocycles. The van der Waals surface area contributed by atoms with E-state index in [1.165, 1.54) is 18.3 Å². The molecule has 6 nitrogen and oxygen atoms in total. The topological polar surface area (TPSA) is 91.2 Å². The summed E-state index contributed by atoms with van der Waals surface area (Å²) in [6.07, 6.45) is 1.52. The molecule has 0 aliphatic rings. The Labute approximate surface area is 151 Å². The number of aromatic carboxylic acids is 1. The van der Waals surface area contributed by atoms with E-state index in [0.29, 0.717) is 28.1 Å². The molecule has 2 aromatic rings. The first-order valence-corrected chi connectivity index (χ1v) is 8.06. The molecule has 0 saturated heterocycles. The van der Waals surface area contributed by atoms with Crippen molar-refractivity contribution in [2.75, 3.05) is 12.0 Å². The number of benzene rings is 2. The van der Waals surface area contributed by atoms with Crippen LogP contribution in [0.25, 0.3) is 0 Å². The molecular formula is C16H14BrClN2O4. The first kappa shape index (κ1) is 18.1. The molecule has 3 N–H and O–H groups in total. The Hall–Kier alpha value is -2.25. The average Bonchev–Trinajstić information content (AvgIpc) is 2.53. The fraction of sp³-hybridized carbons (Fsp3) is 0.125. The number of rotatable bonds is 6. The van der Waals surface area contributed by atoms with Gasteiger partial charge in [-0.3, -0.25) is 5.43 Å². The number of nitrogens with one attached hydrogen (secondary N) is 1. The fourth-order valence-corrected chi connectivity index (χ4v) is 2.53. The first-order valence-electron chi connectivity index (χ1n) is 6.89. The van der Waals surface area contributed by atoms with Crippen molar-refractivity contribution in [3.63, 3.8) is 0 Å². The van der Waals surface area contributed by atoms with Gasteiger partial charge in [-0.2, -0.15) is 5.10 Å². The molecule has 0 saturated carbocycles. The largest absolute Gasteiger partial charge is 0.503 e. The summed E-state index contributed by atoms with van der Waals surface area (Å²) in [7, 11) is 0. The molecule has 126 valence electrons. The minimum absolute atomic E-state index is 0.0112. The second kappa shape index (κ2) is 8.03. The van der Waals surface area contributed by atoms with E-state index in [9.17, 15) is 9.90 Å². The molecule has 0 bridgehead atoms. The predicted octanol–water partition coefficient (Wildman–Crippen LogP) is 4.35. The Morgan fingerprint density at radius 1 is 1.42 bits per heavy atom. The lowest BCUT2D eigenvalue weighted by atomic mass is 10.2. The standard InChI is InChI=1S/C16H14BrClN2O4/c1-2-24-14-6-9(5-12(17)15(14)21)8-19-20-10-3-4-13(18)11(7-10)16(22)23/h3-8,20-21H,2H2,1H3,(H,22,23)/b19-8-. The van der Waals surface area contributed by atoms with E-state index in [1.54, 1.807) is 18.2 Å². The number of hydrazone groups is 1. The maximum atomic E-state index is 11.0. The molecule has 2 rings (SSSR count). The summed E-state index contributed by atoms with van der Waals surface area (Å²) in [5.74, 6) is -0.754. The highest BCUT2D eigenvalue weighted by Gasteiger charge is 2.10. The van der Waals surface area contributed by atoms with Crippen LogP contribution in [0.2, 0.25) is 5.02 Å². The number of hydrogen-bond donors (Lipinski definition) is 3. The molecule has 0 aliphatic carbocycles. The van der Waals surface area contributed by atoms with E-state index in [0.717, 1.165) is 0 Å². The summed E-state index contributed by atoms with van der Waals surface area (Å²) >= 11 is 9.06. The van der Waals surface area contributed by atoms with Crippen molar-refractivity contribution < 1.29 is 19.7 Å². The summed E-state index contributed by atoms with van der Waals surface area (Å²) < 4.78 is 5.82. The third-order valence-electron chi connectivity index (χ3n) is 2.95. The fourth-order valence-electron chi connectivity index (χ4n) is 1.87. The van der Waals surface area contributed by atoms with E-state index in [1.807, 2.05) is 6.92 Å². The van der Waals surface area contributed by atoms with Crippen LogP contribution in [-0.2, 0) is 0 Å². The smallest absolute Gasteiger partial charge is 0.337 e. The summed E-state index contributed by atoms with van der Waals surface area (Å²) in [4.78, 5) is 11.0. The minimum Gasteiger partial charge on any atom is -0.503 e. The van der Waals surface area contributed by atoms with Gasteiger partial charge in [0.15, 0.2) is 11.5 Å². The van der Waals surface area contributed by atoms with Gasteiger partial charge < -0.3 is 14.9 Å². The van der Waals surface area contributed by atoms with Crippen molar-refractivity contribution in [3.8, 4) is 11.5 Å². The molecule has 0 spiro atoms. The third kappa shape index (κ3) is 4.39. The van der Waals surface area contributed by atoms with Crippen molar-refractivity contribution in [1.82, 2.24) is 0 Å². The van der Waals surface area contributed by atoms with Gasteiger partial charge in [0.2, 0.25) is 0 Å². The lowest BCUT2D eigenvalue weighted by Gasteiger charge is -2.08. The number of carboxylic acids is 1. The summed E-state index contributed by atoms with van der Waals surface area (Å²) in [5.41, 5.74) is 3.88. The van der Waals surface area contributed by atoms with Gasteiger partial charge in [-0.15, -0.1) is 0 Å². The van der Waals surface area contributed by atoms with Crippen LogP contribution in [0.15, 0.2) is 39.9 Å². The van der Waals surface area contributed by atoms with Gasteiger partial charge in [0.05, 0.1) is 33.6 Å². The van der Waals surface area contributed by atoms with Crippen LogP contribution in [0.4, 0.5) is 5.69 Å². The lowest BCUT2D eigenvalue weighted by Crippen LogP contribution is -1.99. The predicted molar refractivity (Wildman–Crippen MR) is 96.6 cm³/mol. The Morgan fingerprint density at radius 3 is 2.83 bits per heavy atom. The van der Waals surface area contributed by atoms with Crippen LogP contribution in [0.1, 0.15) is 22.8 Å². The van der Waals surface area contributed by atoms with Crippen LogP contribution in [0, 0.1) is 0 Å². The molecule has 0 aromatic heterocycles. The van der Waals surface area contributed by atoms with Crippen LogP contribution in [0.5, 0.6) is 11.5 Å². The number of halogens is 2. The van der Waals surface area contributed by atoms with Crippen LogP contribution >= 0.6 is 27.5 Å². The number of aromatic hydroxyl groups is 1. The molecule has 0 radical (unpaired) electrons. The van der Waals surface area contributed by atoms with Crippen molar-refractivity contribution in [2.45, 2.75) is 6.92 Å². The van der Waals surface area contributed by atoms with Gasteiger partial charge in [0.1, 0.15) is 0 Å². The quantitative estimate of drug-likeness (QED) is 0.484. The van der Waals surface area contributed by atoms with E-state index in [-0.39, 0.29) is 16.3 Å². The summed E-state index contributed by atoms with van der Waals surface area (Å²) in [6, 6.07) is 7.80. The zero-order valence-corrected chi connectivity index (χ0v) is 14.9. The van der Waals surface area contributed by atoms with Gasteiger partial charge >= 0.3 is 5.97 Å². The monoisotopic (exact) mass is 412 g/mol. The molecule has 24 heavy (non-hydrogen) atoms. The Bertz CT molecular complexity index is 796. The number of phenols is 1. The molecule has 0 amide bonds. The van der Waals surface area contributed by atoms with Crippen molar-refractivity contribution >= 4 is 45.4 Å².